The fourth-order valence-electron chi connectivity index (χ4n) is 2.99. The highest BCUT2D eigenvalue weighted by Crippen LogP contribution is 2.52. The minimum Gasteiger partial charge on any atom is -0.481 e. The van der Waals surface area contributed by atoms with Gasteiger partial charge in [-0.25, -0.2) is 0 Å². The molecular weight excluding hydrogens is 287 g/mol. The lowest BCUT2D eigenvalue weighted by atomic mass is 10.1. The van der Waals surface area contributed by atoms with Gasteiger partial charge in [-0.15, -0.1) is 0 Å². The van der Waals surface area contributed by atoms with Crippen LogP contribution in [0, 0.1) is 17.8 Å². The predicted octanol–water partition coefficient (Wildman–Crippen LogP) is 1.99. The third-order valence-electron chi connectivity index (χ3n) is 4.14. The number of likely N-dealkylation sites (tertiary alicyclic amines) is 1. The van der Waals surface area contributed by atoms with Gasteiger partial charge in [0.15, 0.2) is 0 Å². The predicted molar refractivity (Wildman–Crippen MR) is 65.0 cm³/mol. The number of fused-ring (bicyclic) bond motifs is 1. The number of halogens is 3. The van der Waals surface area contributed by atoms with Crippen molar-refractivity contribution in [3.05, 3.63) is 35.4 Å². The summed E-state index contributed by atoms with van der Waals surface area (Å²) in [5.41, 5.74) is -0.127. The largest absolute Gasteiger partial charge is 0.481 e. The molecule has 0 bridgehead atoms. The minimum atomic E-state index is -4.38. The number of carbonyl (C=O) groups excluding carboxylic acids is 1. The standard InChI is InChI=1S/C14H12F3NO3/c15-14(16,17)8-3-1-7(2-4-8)5-18-6-9-10(12(18)19)11(9)13(20)21/h1-4,9-11H,5-6H2,(H,20,21). The number of carboxylic acid groups (broad SMARTS) is 1. The van der Waals surface area contributed by atoms with Gasteiger partial charge < -0.3 is 10.0 Å². The molecule has 1 amide bonds. The van der Waals surface area contributed by atoms with Crippen molar-refractivity contribution in [2.75, 3.05) is 6.54 Å². The molecule has 3 unspecified atom stereocenters. The number of rotatable bonds is 3. The summed E-state index contributed by atoms with van der Waals surface area (Å²) in [4.78, 5) is 24.3. The molecule has 1 aliphatic carbocycles. The van der Waals surface area contributed by atoms with Crippen LogP contribution >= 0.6 is 0 Å². The maximum absolute atomic E-state index is 12.4. The number of amides is 1. The summed E-state index contributed by atoms with van der Waals surface area (Å²) in [7, 11) is 0. The molecule has 3 atom stereocenters. The van der Waals surface area contributed by atoms with Crippen molar-refractivity contribution < 1.29 is 27.9 Å². The maximum Gasteiger partial charge on any atom is 0.416 e. The number of alkyl halides is 3. The number of hydrogen-bond acceptors (Lipinski definition) is 2. The van der Waals surface area contributed by atoms with Crippen LogP contribution in [0.25, 0.3) is 0 Å². The fraction of sp³-hybridized carbons (Fsp3) is 0.429. The third-order valence-corrected chi connectivity index (χ3v) is 4.14. The molecule has 0 aromatic heterocycles. The molecule has 1 saturated carbocycles. The third kappa shape index (κ3) is 2.36. The van der Waals surface area contributed by atoms with Gasteiger partial charge in [-0.2, -0.15) is 13.2 Å². The first-order valence-electron chi connectivity index (χ1n) is 6.47. The van der Waals surface area contributed by atoms with Crippen LogP contribution in [0.15, 0.2) is 24.3 Å². The zero-order valence-electron chi connectivity index (χ0n) is 10.8. The van der Waals surface area contributed by atoms with E-state index in [4.69, 9.17) is 5.11 Å². The molecule has 21 heavy (non-hydrogen) atoms. The lowest BCUT2D eigenvalue weighted by Crippen LogP contribution is -2.31. The molecule has 1 aliphatic heterocycles. The molecule has 1 heterocycles. The van der Waals surface area contributed by atoms with Crippen LogP contribution < -0.4 is 0 Å². The highest BCUT2D eigenvalue weighted by atomic mass is 19.4. The van der Waals surface area contributed by atoms with E-state index in [0.29, 0.717) is 12.1 Å². The summed E-state index contributed by atoms with van der Waals surface area (Å²) in [6, 6.07) is 4.65. The molecule has 112 valence electrons. The van der Waals surface area contributed by atoms with Crippen molar-refractivity contribution in [3.63, 3.8) is 0 Å². The Balaban J connectivity index is 1.64. The number of hydrogen-bond donors (Lipinski definition) is 1. The van der Waals surface area contributed by atoms with Crippen molar-refractivity contribution in [1.82, 2.24) is 4.90 Å². The van der Waals surface area contributed by atoms with Crippen LogP contribution in [0.5, 0.6) is 0 Å². The van der Waals surface area contributed by atoms with Crippen molar-refractivity contribution >= 4 is 11.9 Å². The molecule has 7 heteroatoms. The topological polar surface area (TPSA) is 57.6 Å². The summed E-state index contributed by atoms with van der Waals surface area (Å²) in [5.74, 6) is -2.34. The minimum absolute atomic E-state index is 0.149. The molecule has 2 fully saturated rings. The Morgan fingerprint density at radius 1 is 1.29 bits per heavy atom. The lowest BCUT2D eigenvalue weighted by Gasteiger charge is -2.19. The first-order chi connectivity index (χ1) is 9.79. The molecule has 0 radical (unpaired) electrons. The van der Waals surface area contributed by atoms with Gasteiger partial charge in [0.1, 0.15) is 0 Å². The van der Waals surface area contributed by atoms with Gasteiger partial charge in [0.2, 0.25) is 5.91 Å². The molecule has 1 aromatic rings. The summed E-state index contributed by atoms with van der Waals surface area (Å²) < 4.78 is 37.3. The van der Waals surface area contributed by atoms with Gasteiger partial charge in [-0.05, 0) is 17.7 Å². The molecule has 1 N–H and O–H groups in total. The fourth-order valence-corrected chi connectivity index (χ4v) is 2.99. The Hall–Kier alpha value is -2.05. The Labute approximate surface area is 118 Å². The van der Waals surface area contributed by atoms with Crippen LogP contribution in [0.3, 0.4) is 0 Å². The number of nitrogens with zero attached hydrogens (tertiary/aromatic N) is 1. The van der Waals surface area contributed by atoms with Gasteiger partial charge in [-0.3, -0.25) is 9.59 Å². The molecule has 1 aromatic carbocycles. The van der Waals surface area contributed by atoms with Crippen molar-refractivity contribution in [1.29, 1.82) is 0 Å². The molecule has 3 rings (SSSR count). The SMILES string of the molecule is O=C(O)C1C2CN(Cc3ccc(C(F)(F)F)cc3)C(=O)C21. The number of benzene rings is 1. The molecular formula is C14H12F3NO3. The van der Waals surface area contributed by atoms with Crippen LogP contribution in [0.2, 0.25) is 0 Å². The van der Waals surface area contributed by atoms with E-state index in [-0.39, 0.29) is 18.4 Å². The molecule has 4 nitrogen and oxygen atoms in total. The van der Waals surface area contributed by atoms with E-state index in [2.05, 4.69) is 0 Å². The van der Waals surface area contributed by atoms with E-state index in [1.54, 1.807) is 0 Å². The summed E-state index contributed by atoms with van der Waals surface area (Å²) in [5, 5.41) is 8.88. The second kappa shape index (κ2) is 4.47. The van der Waals surface area contributed by atoms with Crippen molar-refractivity contribution in [3.8, 4) is 0 Å². The normalized spacial score (nSPS) is 27.7. The monoisotopic (exact) mass is 299 g/mol. The Morgan fingerprint density at radius 3 is 2.33 bits per heavy atom. The van der Waals surface area contributed by atoms with Gasteiger partial charge in [0.05, 0.1) is 17.4 Å². The Bertz CT molecular complexity index is 596. The van der Waals surface area contributed by atoms with E-state index in [1.165, 1.54) is 17.0 Å². The van der Waals surface area contributed by atoms with E-state index in [0.717, 1.165) is 12.1 Å². The Morgan fingerprint density at radius 2 is 1.90 bits per heavy atom. The summed E-state index contributed by atoms with van der Waals surface area (Å²) in [6.45, 7) is 0.581. The van der Waals surface area contributed by atoms with Crippen molar-refractivity contribution in [2.45, 2.75) is 12.7 Å². The number of aliphatic carboxylic acids is 1. The molecule has 2 aliphatic rings. The van der Waals surface area contributed by atoms with Crippen molar-refractivity contribution in [2.24, 2.45) is 17.8 Å². The second-order valence-electron chi connectivity index (χ2n) is 5.47. The van der Waals surface area contributed by atoms with E-state index in [9.17, 15) is 22.8 Å². The maximum atomic E-state index is 12.4. The van der Waals surface area contributed by atoms with Crippen LogP contribution in [0.1, 0.15) is 11.1 Å². The highest BCUT2D eigenvalue weighted by Gasteiger charge is 2.65. The summed E-state index contributed by atoms with van der Waals surface area (Å²) in [6.07, 6.45) is -4.38. The van der Waals surface area contributed by atoms with Crippen LogP contribution in [-0.2, 0) is 22.3 Å². The zero-order valence-corrected chi connectivity index (χ0v) is 10.8. The Kier molecular flexibility index (Phi) is 2.96. The van der Waals surface area contributed by atoms with E-state index in [1.807, 2.05) is 0 Å². The first-order valence-corrected chi connectivity index (χ1v) is 6.47. The van der Waals surface area contributed by atoms with Crippen LogP contribution in [-0.4, -0.2) is 28.4 Å². The van der Waals surface area contributed by atoms with E-state index < -0.39 is 29.5 Å². The smallest absolute Gasteiger partial charge is 0.416 e. The van der Waals surface area contributed by atoms with Gasteiger partial charge in [0.25, 0.3) is 0 Å². The van der Waals surface area contributed by atoms with Gasteiger partial charge in [-0.1, -0.05) is 12.1 Å². The number of carboxylic acids is 1. The molecule has 0 spiro atoms. The second-order valence-corrected chi connectivity index (χ2v) is 5.47. The van der Waals surface area contributed by atoms with E-state index >= 15 is 0 Å². The van der Waals surface area contributed by atoms with Gasteiger partial charge in [0, 0.05) is 19.0 Å². The lowest BCUT2D eigenvalue weighted by molar-refractivity contribution is -0.143. The van der Waals surface area contributed by atoms with Gasteiger partial charge >= 0.3 is 12.1 Å². The number of carbonyl (C=O) groups is 2. The average molecular weight is 299 g/mol. The first kappa shape index (κ1) is 13.9. The molecule has 1 saturated heterocycles. The summed E-state index contributed by atoms with van der Waals surface area (Å²) >= 11 is 0. The highest BCUT2D eigenvalue weighted by molar-refractivity contribution is 5.93. The average Bonchev–Trinajstić information content (AvgIpc) is 3.03. The zero-order chi connectivity index (χ0) is 15.4. The van der Waals surface area contributed by atoms with Crippen LogP contribution in [0.4, 0.5) is 13.2 Å². The number of piperidine rings is 1. The quantitative estimate of drug-likeness (QED) is 0.928.